The summed E-state index contributed by atoms with van der Waals surface area (Å²) in [6, 6.07) is 13.1. The number of sulfonamides is 1. The van der Waals surface area contributed by atoms with Crippen molar-refractivity contribution >= 4 is 26.8 Å². The molecule has 0 unspecified atom stereocenters. The number of halogens is 3. The van der Waals surface area contributed by atoms with Crippen molar-refractivity contribution in [1.29, 1.82) is 0 Å². The van der Waals surface area contributed by atoms with Crippen LogP contribution in [0.25, 0.3) is 10.9 Å². The van der Waals surface area contributed by atoms with Gasteiger partial charge >= 0.3 is 6.18 Å². The van der Waals surface area contributed by atoms with Crippen molar-refractivity contribution in [1.82, 2.24) is 18.7 Å². The van der Waals surface area contributed by atoms with Gasteiger partial charge in [0, 0.05) is 61.2 Å². The van der Waals surface area contributed by atoms with Crippen LogP contribution in [0.15, 0.2) is 53.4 Å². The zero-order chi connectivity index (χ0) is 32.3. The number of carbonyl (C=O) groups is 1. The van der Waals surface area contributed by atoms with E-state index in [0.29, 0.717) is 23.8 Å². The molecule has 12 heteroatoms. The number of benzene rings is 2. The first-order valence-corrected chi connectivity index (χ1v) is 17.2. The lowest BCUT2D eigenvalue weighted by molar-refractivity contribution is -0.137. The number of ether oxygens (including phenoxy) is 1. The smallest absolute Gasteiger partial charge is 0.416 e. The topological polar surface area (TPSA) is 75.1 Å². The molecule has 0 saturated carbocycles. The molecule has 2 aromatic carbocycles. The Morgan fingerprint density at radius 3 is 2.04 bits per heavy atom. The van der Waals surface area contributed by atoms with Gasteiger partial charge in [0.05, 0.1) is 10.5 Å². The summed E-state index contributed by atoms with van der Waals surface area (Å²) < 4.78 is 74.9. The molecule has 244 valence electrons. The number of hydrogen-bond donors (Lipinski definition) is 0. The van der Waals surface area contributed by atoms with Crippen LogP contribution in [0.1, 0.15) is 75.5 Å². The van der Waals surface area contributed by atoms with Crippen molar-refractivity contribution in [3.8, 4) is 5.75 Å². The summed E-state index contributed by atoms with van der Waals surface area (Å²) in [6.07, 6.45) is 0.0954. The summed E-state index contributed by atoms with van der Waals surface area (Å²) in [7, 11) is -4.00. The van der Waals surface area contributed by atoms with Gasteiger partial charge in [0.1, 0.15) is 17.5 Å². The molecule has 0 radical (unpaired) electrons. The first-order valence-electron chi connectivity index (χ1n) is 15.8. The Morgan fingerprint density at radius 2 is 1.49 bits per heavy atom. The minimum absolute atomic E-state index is 0.00513. The Hall–Kier alpha value is -3.09. The Balaban J connectivity index is 1.15. The summed E-state index contributed by atoms with van der Waals surface area (Å²) in [5.41, 5.74) is 0.549. The molecule has 1 aromatic heterocycles. The average molecular weight is 647 g/mol. The molecule has 3 fully saturated rings. The Bertz CT molecular complexity index is 1650. The molecule has 0 aliphatic carbocycles. The van der Waals surface area contributed by atoms with E-state index in [1.165, 1.54) is 17.1 Å². The number of fused-ring (bicyclic) bond motifs is 3. The summed E-state index contributed by atoms with van der Waals surface area (Å²) >= 11 is 0. The van der Waals surface area contributed by atoms with Gasteiger partial charge in [-0.3, -0.25) is 9.69 Å². The number of piperidine rings is 1. The van der Waals surface area contributed by atoms with Crippen LogP contribution in [-0.4, -0.2) is 83.4 Å². The van der Waals surface area contributed by atoms with E-state index >= 15 is 0 Å². The molecule has 45 heavy (non-hydrogen) atoms. The molecule has 3 saturated heterocycles. The maximum Gasteiger partial charge on any atom is 0.416 e. The zero-order valence-electron chi connectivity index (χ0n) is 26.1. The van der Waals surface area contributed by atoms with Crippen LogP contribution in [0.2, 0.25) is 0 Å². The van der Waals surface area contributed by atoms with Gasteiger partial charge in [0.15, 0.2) is 0 Å². The fourth-order valence-electron chi connectivity index (χ4n) is 7.56. The number of hydrogen-bond acceptors (Lipinski definition) is 5. The standard InChI is InChI=1S/C33H41F3N4O4S/c1-21(2)39-25-7-8-26(39)20-28(19-25)44-27-9-12-30-23(17-27)18-31(40(30)22(3)4)32(41)37-13-15-38(16-14-37)45(42,43)29-10-5-24(6-11-29)33(34,35)36/h5-6,9-12,17-18,21-22,25-26,28H,7-8,13-16,19-20H2,1-4H3/t25-,26+,28+. The molecule has 3 aliphatic heterocycles. The van der Waals surface area contributed by atoms with E-state index in [2.05, 4.69) is 18.7 Å². The molecule has 0 N–H and O–H groups in total. The number of piperazine rings is 1. The van der Waals surface area contributed by atoms with Gasteiger partial charge in [-0.1, -0.05) is 0 Å². The van der Waals surface area contributed by atoms with Crippen molar-refractivity contribution in [2.75, 3.05) is 26.2 Å². The van der Waals surface area contributed by atoms with Crippen LogP contribution in [0, 0.1) is 0 Å². The molecule has 8 nitrogen and oxygen atoms in total. The number of nitrogens with zero attached hydrogens (tertiary/aromatic N) is 4. The monoisotopic (exact) mass is 646 g/mol. The van der Waals surface area contributed by atoms with E-state index in [1.807, 2.05) is 42.7 Å². The van der Waals surface area contributed by atoms with Crippen molar-refractivity contribution in [3.63, 3.8) is 0 Å². The van der Waals surface area contributed by atoms with Crippen LogP contribution in [0.4, 0.5) is 13.2 Å². The maximum absolute atomic E-state index is 13.8. The third-order valence-electron chi connectivity index (χ3n) is 9.54. The minimum Gasteiger partial charge on any atom is -0.490 e. The van der Waals surface area contributed by atoms with E-state index in [0.717, 1.165) is 53.8 Å². The Kier molecular flexibility index (Phi) is 8.45. The normalized spacial score (nSPS) is 23.4. The van der Waals surface area contributed by atoms with Gasteiger partial charge in [-0.05, 0) is 102 Å². The van der Waals surface area contributed by atoms with Gasteiger partial charge in [-0.25, -0.2) is 8.42 Å². The highest BCUT2D eigenvalue weighted by Crippen LogP contribution is 2.39. The van der Waals surface area contributed by atoms with E-state index in [9.17, 15) is 26.4 Å². The molecular formula is C33H41F3N4O4S. The van der Waals surface area contributed by atoms with Crippen LogP contribution < -0.4 is 4.74 Å². The van der Waals surface area contributed by atoms with Crippen molar-refractivity contribution in [2.45, 2.75) is 94.7 Å². The lowest BCUT2D eigenvalue weighted by Gasteiger charge is -2.41. The third-order valence-corrected chi connectivity index (χ3v) is 11.4. The molecular weight excluding hydrogens is 605 g/mol. The summed E-state index contributed by atoms with van der Waals surface area (Å²) in [5, 5.41) is 0.913. The van der Waals surface area contributed by atoms with E-state index in [-0.39, 0.29) is 49.1 Å². The fourth-order valence-corrected chi connectivity index (χ4v) is 8.98. The number of aromatic nitrogens is 1. The van der Waals surface area contributed by atoms with Crippen LogP contribution in [0.3, 0.4) is 0 Å². The van der Waals surface area contributed by atoms with E-state index in [1.54, 1.807) is 4.90 Å². The van der Waals surface area contributed by atoms with Crippen LogP contribution in [-0.2, 0) is 16.2 Å². The van der Waals surface area contributed by atoms with E-state index in [4.69, 9.17) is 4.74 Å². The molecule has 6 rings (SSSR count). The highest BCUT2D eigenvalue weighted by Gasteiger charge is 2.42. The second kappa shape index (κ2) is 11.9. The van der Waals surface area contributed by atoms with Crippen LogP contribution in [0.5, 0.6) is 5.75 Å². The first kappa shape index (κ1) is 31.9. The van der Waals surface area contributed by atoms with Crippen molar-refractivity contribution in [3.05, 3.63) is 59.8 Å². The minimum atomic E-state index is -4.55. The Labute approximate surface area is 262 Å². The summed E-state index contributed by atoms with van der Waals surface area (Å²) in [5.74, 6) is 0.610. The molecule has 0 spiro atoms. The van der Waals surface area contributed by atoms with Crippen LogP contribution >= 0.6 is 0 Å². The average Bonchev–Trinajstić information content (AvgIpc) is 3.51. The van der Waals surface area contributed by atoms with E-state index < -0.39 is 21.8 Å². The number of alkyl halides is 3. The molecule has 3 aliphatic rings. The Morgan fingerprint density at radius 1 is 0.867 bits per heavy atom. The maximum atomic E-state index is 13.8. The lowest BCUT2D eigenvalue weighted by atomic mass is 9.98. The highest BCUT2D eigenvalue weighted by molar-refractivity contribution is 7.89. The predicted octanol–water partition coefficient (Wildman–Crippen LogP) is 6.17. The molecule has 3 aromatic rings. The highest BCUT2D eigenvalue weighted by atomic mass is 32.2. The summed E-state index contributed by atoms with van der Waals surface area (Å²) in [6.45, 7) is 9.02. The van der Waals surface area contributed by atoms with Gasteiger partial charge in [-0.2, -0.15) is 17.5 Å². The van der Waals surface area contributed by atoms with Crippen molar-refractivity contribution in [2.24, 2.45) is 0 Å². The molecule has 1 amide bonds. The first-order chi connectivity index (χ1) is 21.2. The molecule has 3 atom stereocenters. The third kappa shape index (κ3) is 6.08. The number of amides is 1. The van der Waals surface area contributed by atoms with Gasteiger partial charge < -0.3 is 14.2 Å². The fraction of sp³-hybridized carbons (Fsp3) is 0.545. The van der Waals surface area contributed by atoms with Gasteiger partial charge in [-0.15, -0.1) is 0 Å². The lowest BCUT2D eigenvalue weighted by Crippen LogP contribution is -2.50. The second-order valence-electron chi connectivity index (χ2n) is 13.1. The largest absolute Gasteiger partial charge is 0.490 e. The van der Waals surface area contributed by atoms with Gasteiger partial charge in [0.25, 0.3) is 5.91 Å². The van der Waals surface area contributed by atoms with Gasteiger partial charge in [0.2, 0.25) is 10.0 Å². The zero-order valence-corrected chi connectivity index (χ0v) is 26.9. The predicted molar refractivity (Wildman–Crippen MR) is 166 cm³/mol. The van der Waals surface area contributed by atoms with Crippen molar-refractivity contribution < 1.29 is 31.1 Å². The second-order valence-corrected chi connectivity index (χ2v) is 15.0. The quantitative estimate of drug-likeness (QED) is 0.307. The summed E-state index contributed by atoms with van der Waals surface area (Å²) in [4.78, 5) is 17.9. The SMILES string of the molecule is CC(C)N1[C@@H]2CC[C@H]1C[C@@H](Oc1ccc3c(c1)cc(C(=O)N1CCN(S(=O)(=O)c4ccc(C(F)(F)F)cc4)CC1)n3C(C)C)C2. The molecule has 4 heterocycles. The number of carbonyl (C=O) groups excluding carboxylic acids is 1. The number of rotatable bonds is 7. The molecule has 2 bridgehead atoms.